The Labute approximate surface area is 147 Å². The molecule has 0 aromatic heterocycles. The first-order valence-corrected chi connectivity index (χ1v) is 8.31. The molecule has 0 fully saturated rings. The summed E-state index contributed by atoms with van der Waals surface area (Å²) in [5, 5.41) is 14.2. The summed E-state index contributed by atoms with van der Waals surface area (Å²) in [6.45, 7) is 3.73. The van der Waals surface area contributed by atoms with Gasteiger partial charge in [0.2, 0.25) is 0 Å². The maximum absolute atomic E-state index is 9.56. The Morgan fingerprint density at radius 2 is 1.28 bits per heavy atom. The molecule has 25 heavy (non-hydrogen) atoms. The summed E-state index contributed by atoms with van der Waals surface area (Å²) in [4.78, 5) is 0. The minimum absolute atomic E-state index is 0.321. The van der Waals surface area contributed by atoms with E-state index >= 15 is 0 Å². The SMILES string of the molecule is C1=Cc2cccc3cccc1c23.C=Cc1cccc2c(O)cccc12. The van der Waals surface area contributed by atoms with Gasteiger partial charge >= 0.3 is 0 Å². The maximum Gasteiger partial charge on any atom is 0.123 e. The third kappa shape index (κ3) is 2.70. The van der Waals surface area contributed by atoms with Gasteiger partial charge in [-0.05, 0) is 38.9 Å². The first-order chi connectivity index (χ1) is 12.3. The van der Waals surface area contributed by atoms with E-state index in [0.29, 0.717) is 5.75 Å². The molecule has 4 aromatic carbocycles. The minimum atomic E-state index is 0.321. The zero-order valence-corrected chi connectivity index (χ0v) is 13.8. The van der Waals surface area contributed by atoms with Crippen molar-refractivity contribution in [1.29, 1.82) is 0 Å². The number of benzene rings is 4. The highest BCUT2D eigenvalue weighted by molar-refractivity contribution is 6.04. The maximum atomic E-state index is 9.56. The van der Waals surface area contributed by atoms with Crippen LogP contribution in [0.4, 0.5) is 0 Å². The summed E-state index contributed by atoms with van der Waals surface area (Å²) < 4.78 is 0. The molecule has 0 radical (unpaired) electrons. The zero-order chi connectivity index (χ0) is 17.2. The molecular formula is C24H18O. The third-order valence-electron chi connectivity index (χ3n) is 4.56. The first-order valence-electron chi connectivity index (χ1n) is 8.31. The zero-order valence-electron chi connectivity index (χ0n) is 13.8. The molecule has 0 atom stereocenters. The number of fused-ring (bicyclic) bond motifs is 1. The molecule has 1 nitrogen and oxygen atoms in total. The van der Waals surface area contributed by atoms with E-state index in [-0.39, 0.29) is 0 Å². The van der Waals surface area contributed by atoms with E-state index in [4.69, 9.17) is 0 Å². The van der Waals surface area contributed by atoms with Crippen LogP contribution in [0.25, 0.3) is 39.8 Å². The molecule has 1 N–H and O–H groups in total. The van der Waals surface area contributed by atoms with Gasteiger partial charge in [-0.1, -0.05) is 91.5 Å². The quantitative estimate of drug-likeness (QED) is 0.373. The lowest BCUT2D eigenvalue weighted by Crippen LogP contribution is -1.77. The smallest absolute Gasteiger partial charge is 0.123 e. The fourth-order valence-electron chi connectivity index (χ4n) is 3.35. The summed E-state index contributed by atoms with van der Waals surface area (Å²) in [6, 6.07) is 24.2. The van der Waals surface area contributed by atoms with Crippen molar-refractivity contribution >= 4 is 39.8 Å². The molecule has 0 amide bonds. The molecule has 120 valence electrons. The molecule has 0 spiro atoms. The van der Waals surface area contributed by atoms with E-state index in [2.05, 4.69) is 55.1 Å². The van der Waals surface area contributed by atoms with E-state index in [1.54, 1.807) is 12.1 Å². The van der Waals surface area contributed by atoms with Gasteiger partial charge in [-0.2, -0.15) is 0 Å². The van der Waals surface area contributed by atoms with Gasteiger partial charge in [-0.15, -0.1) is 0 Å². The number of hydrogen-bond acceptors (Lipinski definition) is 1. The summed E-state index contributed by atoms with van der Waals surface area (Å²) in [7, 11) is 0. The monoisotopic (exact) mass is 322 g/mol. The molecule has 5 rings (SSSR count). The van der Waals surface area contributed by atoms with Crippen molar-refractivity contribution in [3.8, 4) is 5.75 Å². The van der Waals surface area contributed by atoms with Crippen LogP contribution in [0.5, 0.6) is 5.75 Å². The van der Waals surface area contributed by atoms with Gasteiger partial charge in [0.15, 0.2) is 0 Å². The van der Waals surface area contributed by atoms with Crippen molar-refractivity contribution in [2.75, 3.05) is 0 Å². The second-order valence-electron chi connectivity index (χ2n) is 6.05. The molecule has 4 aromatic rings. The first kappa shape index (κ1) is 15.2. The molecule has 0 heterocycles. The molecule has 0 unspecified atom stereocenters. The molecule has 0 aliphatic heterocycles. The highest BCUT2D eigenvalue weighted by atomic mass is 16.3. The molecule has 1 heteroatoms. The van der Waals surface area contributed by atoms with Crippen LogP contribution in [0.1, 0.15) is 16.7 Å². The van der Waals surface area contributed by atoms with Gasteiger partial charge in [0.05, 0.1) is 0 Å². The largest absolute Gasteiger partial charge is 0.507 e. The lowest BCUT2D eigenvalue weighted by Gasteiger charge is -2.02. The predicted octanol–water partition coefficient (Wildman–Crippen LogP) is 6.51. The molecule has 1 aliphatic carbocycles. The van der Waals surface area contributed by atoms with Gasteiger partial charge < -0.3 is 5.11 Å². The van der Waals surface area contributed by atoms with Crippen LogP contribution < -0.4 is 0 Å². The Morgan fingerprint density at radius 1 is 0.680 bits per heavy atom. The Hall–Kier alpha value is -3.32. The van der Waals surface area contributed by atoms with Crippen molar-refractivity contribution in [2.45, 2.75) is 0 Å². The molecule has 0 saturated heterocycles. The van der Waals surface area contributed by atoms with E-state index in [0.717, 1.165) is 16.3 Å². The van der Waals surface area contributed by atoms with Crippen LogP contribution in [0.3, 0.4) is 0 Å². The number of aromatic hydroxyl groups is 1. The highest BCUT2D eigenvalue weighted by Gasteiger charge is 2.06. The van der Waals surface area contributed by atoms with Gasteiger partial charge in [0.1, 0.15) is 5.75 Å². The third-order valence-corrected chi connectivity index (χ3v) is 4.56. The fourth-order valence-corrected chi connectivity index (χ4v) is 3.35. The molecule has 1 aliphatic rings. The van der Waals surface area contributed by atoms with Crippen LogP contribution >= 0.6 is 0 Å². The van der Waals surface area contributed by atoms with Crippen molar-refractivity contribution in [3.05, 3.63) is 96.1 Å². The van der Waals surface area contributed by atoms with Crippen molar-refractivity contribution in [1.82, 2.24) is 0 Å². The standard InChI is InChI=1S/C12H10O.C12H8/c1-2-9-5-3-7-11-10(9)6-4-8-12(11)13;1-3-9-4-2-6-11-8-7-10(5-1)12(9)11/h2-8,13H,1H2;1-8H. The van der Waals surface area contributed by atoms with Crippen LogP contribution in [-0.4, -0.2) is 5.11 Å². The topological polar surface area (TPSA) is 20.2 Å². The average Bonchev–Trinajstić information content (AvgIpc) is 3.08. The van der Waals surface area contributed by atoms with Gasteiger partial charge in [0.25, 0.3) is 0 Å². The minimum Gasteiger partial charge on any atom is -0.507 e. The van der Waals surface area contributed by atoms with Crippen molar-refractivity contribution in [2.24, 2.45) is 0 Å². The van der Waals surface area contributed by atoms with Crippen LogP contribution in [0.2, 0.25) is 0 Å². The van der Waals surface area contributed by atoms with Crippen LogP contribution in [-0.2, 0) is 0 Å². The van der Waals surface area contributed by atoms with Gasteiger partial charge in [-0.25, -0.2) is 0 Å². The Morgan fingerprint density at radius 3 is 1.96 bits per heavy atom. The lowest BCUT2D eigenvalue weighted by molar-refractivity contribution is 0.481. The van der Waals surface area contributed by atoms with E-state index < -0.39 is 0 Å². The van der Waals surface area contributed by atoms with E-state index in [9.17, 15) is 5.11 Å². The number of rotatable bonds is 1. The van der Waals surface area contributed by atoms with Crippen molar-refractivity contribution < 1.29 is 5.11 Å². The van der Waals surface area contributed by atoms with E-state index in [1.807, 2.05) is 30.3 Å². The summed E-state index contributed by atoms with van der Waals surface area (Å²) in [5.41, 5.74) is 3.75. The average molecular weight is 322 g/mol. The molecule has 0 bridgehead atoms. The molecule has 0 saturated carbocycles. The van der Waals surface area contributed by atoms with Crippen LogP contribution in [0, 0.1) is 0 Å². The summed E-state index contributed by atoms with van der Waals surface area (Å²) in [6.07, 6.45) is 6.15. The second-order valence-corrected chi connectivity index (χ2v) is 6.05. The van der Waals surface area contributed by atoms with Crippen molar-refractivity contribution in [3.63, 3.8) is 0 Å². The Bertz CT molecular complexity index is 1080. The Kier molecular flexibility index (Phi) is 3.83. The second kappa shape index (κ2) is 6.29. The Balaban J connectivity index is 0.000000126. The lowest BCUT2D eigenvalue weighted by atomic mass is 10.0. The van der Waals surface area contributed by atoms with Crippen LogP contribution in [0.15, 0.2) is 79.4 Å². The number of phenols is 1. The van der Waals surface area contributed by atoms with Gasteiger partial charge in [-0.3, -0.25) is 0 Å². The van der Waals surface area contributed by atoms with Gasteiger partial charge in [0, 0.05) is 5.39 Å². The fraction of sp³-hybridized carbons (Fsp3) is 0. The molecular weight excluding hydrogens is 304 g/mol. The highest BCUT2D eigenvalue weighted by Crippen LogP contribution is 2.30. The summed E-state index contributed by atoms with van der Waals surface area (Å²) in [5.74, 6) is 0.321. The summed E-state index contributed by atoms with van der Waals surface area (Å²) >= 11 is 0. The number of hydrogen-bond donors (Lipinski definition) is 1. The number of phenolic OH excluding ortho intramolecular Hbond substituents is 1. The predicted molar refractivity (Wildman–Crippen MR) is 109 cm³/mol. The normalized spacial score (nSPS) is 11.4. The van der Waals surface area contributed by atoms with E-state index in [1.165, 1.54) is 21.9 Å².